The second-order valence-electron chi connectivity index (χ2n) is 11.6. The molecule has 0 aromatic heterocycles. The van der Waals surface area contributed by atoms with Crippen molar-refractivity contribution < 1.29 is 23.9 Å². The molecule has 7 rings (SSSR count). The first-order chi connectivity index (χ1) is 22.4. The van der Waals surface area contributed by atoms with Gasteiger partial charge in [0.05, 0.1) is 31.7 Å². The Bertz CT molecular complexity index is 1790. The highest BCUT2D eigenvalue weighted by Crippen LogP contribution is 2.45. The number of amides is 3. The van der Waals surface area contributed by atoms with Gasteiger partial charge in [0.15, 0.2) is 12.1 Å². The van der Waals surface area contributed by atoms with E-state index in [-0.39, 0.29) is 24.4 Å². The first kappa shape index (κ1) is 29.8. The van der Waals surface area contributed by atoms with Crippen LogP contribution in [0.2, 0.25) is 0 Å². The highest BCUT2D eigenvalue weighted by Gasteiger charge is 2.55. The summed E-state index contributed by atoms with van der Waals surface area (Å²) in [4.78, 5) is 42.1. The molecule has 1 aliphatic carbocycles. The number of rotatable bonds is 7. The van der Waals surface area contributed by atoms with E-state index in [0.29, 0.717) is 11.4 Å². The fourth-order valence-corrected chi connectivity index (χ4v) is 7.06. The Balaban J connectivity index is 1.19. The standard InChI is InChI=1S/C34H31BrN6O5/c1-45-25-13-9-20(10-14-25)17-22-5-3-8-27-29(22)37-41(31(27)21-11-15-26(46-2)16-12-21)28(42)19-39-32-30(36-38-39)33(43)40(34(32)44)24-7-4-6-23(35)18-24/h4,6-7,9-18,27,30-32H,3,5,8,19H2,1-2H3/b22-17-/t27-,30+,31+,32+/m1/s1. The zero-order valence-electron chi connectivity index (χ0n) is 25.2. The maximum absolute atomic E-state index is 14.2. The number of fused-ring (bicyclic) bond motifs is 2. The maximum atomic E-state index is 14.2. The summed E-state index contributed by atoms with van der Waals surface area (Å²) in [6.07, 6.45) is 4.78. The monoisotopic (exact) mass is 682 g/mol. The molecule has 3 amide bonds. The third-order valence-corrected chi connectivity index (χ3v) is 9.39. The summed E-state index contributed by atoms with van der Waals surface area (Å²) in [5.41, 5.74) is 4.35. The Morgan fingerprint density at radius 3 is 2.37 bits per heavy atom. The quantitative estimate of drug-likeness (QED) is 0.300. The van der Waals surface area contributed by atoms with Crippen LogP contribution < -0.4 is 14.4 Å². The van der Waals surface area contributed by atoms with E-state index in [1.165, 1.54) is 10.0 Å². The lowest BCUT2D eigenvalue weighted by Crippen LogP contribution is -2.45. The fraction of sp³-hybridized carbons (Fsp3) is 0.294. The van der Waals surface area contributed by atoms with Gasteiger partial charge in [0.25, 0.3) is 17.7 Å². The number of hydrazone groups is 1. The molecule has 3 aromatic rings. The van der Waals surface area contributed by atoms with Crippen molar-refractivity contribution in [1.29, 1.82) is 0 Å². The second kappa shape index (κ2) is 12.2. The van der Waals surface area contributed by atoms with Crippen LogP contribution in [0.25, 0.3) is 6.08 Å². The molecule has 3 aromatic carbocycles. The van der Waals surface area contributed by atoms with Crippen molar-refractivity contribution in [3.63, 3.8) is 0 Å². The number of carbonyl (C=O) groups excluding carboxylic acids is 3. The number of benzene rings is 3. The minimum atomic E-state index is -1.01. The van der Waals surface area contributed by atoms with Crippen molar-refractivity contribution >= 4 is 51.1 Å². The third kappa shape index (κ3) is 5.26. The van der Waals surface area contributed by atoms with E-state index in [1.807, 2.05) is 54.6 Å². The van der Waals surface area contributed by atoms with Gasteiger partial charge in [-0.3, -0.25) is 19.4 Å². The van der Waals surface area contributed by atoms with Gasteiger partial charge in [-0.1, -0.05) is 51.5 Å². The molecule has 0 radical (unpaired) electrons. The molecular weight excluding hydrogens is 652 g/mol. The summed E-state index contributed by atoms with van der Waals surface area (Å²) >= 11 is 3.40. The second-order valence-corrected chi connectivity index (χ2v) is 12.5. The Labute approximate surface area is 274 Å². The van der Waals surface area contributed by atoms with Crippen molar-refractivity contribution in [3.05, 3.63) is 94.0 Å². The number of carbonyl (C=O) groups is 3. The predicted octanol–water partition coefficient (Wildman–Crippen LogP) is 5.58. The van der Waals surface area contributed by atoms with Gasteiger partial charge in [0.2, 0.25) is 0 Å². The molecule has 46 heavy (non-hydrogen) atoms. The van der Waals surface area contributed by atoms with Crippen LogP contribution in [0.3, 0.4) is 0 Å². The Hall–Kier alpha value is -4.84. The lowest BCUT2D eigenvalue weighted by atomic mass is 9.77. The molecule has 1 saturated heterocycles. The summed E-state index contributed by atoms with van der Waals surface area (Å²) in [6.45, 7) is -0.260. The molecule has 12 heteroatoms. The largest absolute Gasteiger partial charge is 0.497 e. The normalized spacial score (nSPS) is 24.4. The number of imide groups is 1. The topological polar surface area (TPSA) is 116 Å². The van der Waals surface area contributed by atoms with Gasteiger partial charge in [-0.05, 0) is 84.5 Å². The number of ether oxygens (including phenoxy) is 2. The molecule has 1 saturated carbocycles. The number of anilines is 1. The van der Waals surface area contributed by atoms with Crippen LogP contribution in [0.5, 0.6) is 11.5 Å². The van der Waals surface area contributed by atoms with Crippen LogP contribution in [0, 0.1) is 5.92 Å². The van der Waals surface area contributed by atoms with Crippen LogP contribution in [0.4, 0.5) is 5.69 Å². The van der Waals surface area contributed by atoms with Crippen molar-refractivity contribution in [2.24, 2.45) is 21.4 Å². The van der Waals surface area contributed by atoms with Crippen molar-refractivity contribution in [3.8, 4) is 11.5 Å². The molecule has 11 nitrogen and oxygen atoms in total. The highest BCUT2D eigenvalue weighted by molar-refractivity contribution is 9.10. The Morgan fingerprint density at radius 1 is 0.957 bits per heavy atom. The van der Waals surface area contributed by atoms with Crippen LogP contribution in [-0.2, 0) is 14.4 Å². The lowest BCUT2D eigenvalue weighted by molar-refractivity contribution is -0.136. The average Bonchev–Trinajstić information content (AvgIpc) is 3.74. The number of hydrogen-bond donors (Lipinski definition) is 0. The highest BCUT2D eigenvalue weighted by atomic mass is 79.9. The zero-order valence-corrected chi connectivity index (χ0v) is 26.8. The van der Waals surface area contributed by atoms with Gasteiger partial charge in [0, 0.05) is 10.4 Å². The molecule has 4 aliphatic rings. The molecule has 3 aliphatic heterocycles. The first-order valence-corrected chi connectivity index (χ1v) is 15.9. The van der Waals surface area contributed by atoms with E-state index in [9.17, 15) is 14.4 Å². The van der Waals surface area contributed by atoms with E-state index in [4.69, 9.17) is 14.6 Å². The van der Waals surface area contributed by atoms with E-state index in [2.05, 4.69) is 32.3 Å². The number of halogens is 1. The molecule has 4 atom stereocenters. The molecule has 234 valence electrons. The summed E-state index contributed by atoms with van der Waals surface area (Å²) in [6, 6.07) is 20.1. The number of methoxy groups -OCH3 is 2. The molecule has 0 N–H and O–H groups in total. The minimum Gasteiger partial charge on any atom is -0.497 e. The van der Waals surface area contributed by atoms with Crippen LogP contribution in [-0.4, -0.2) is 66.3 Å². The summed E-state index contributed by atoms with van der Waals surface area (Å²) in [5.74, 6) is 0.194. The molecule has 0 bridgehead atoms. The van der Waals surface area contributed by atoms with Crippen molar-refractivity contribution in [2.75, 3.05) is 25.7 Å². The third-order valence-electron chi connectivity index (χ3n) is 8.89. The fourth-order valence-electron chi connectivity index (χ4n) is 6.68. The zero-order chi connectivity index (χ0) is 31.9. The van der Waals surface area contributed by atoms with E-state index in [1.54, 1.807) is 32.4 Å². The molecule has 3 heterocycles. The summed E-state index contributed by atoms with van der Waals surface area (Å²) < 4.78 is 11.4. The van der Waals surface area contributed by atoms with Crippen molar-refractivity contribution in [1.82, 2.24) is 10.0 Å². The van der Waals surface area contributed by atoms with E-state index >= 15 is 0 Å². The molecule has 0 unspecified atom stereocenters. The van der Waals surface area contributed by atoms with Gasteiger partial charge >= 0.3 is 0 Å². The smallest absolute Gasteiger partial charge is 0.264 e. The number of hydrogen-bond acceptors (Lipinski definition) is 9. The Morgan fingerprint density at radius 2 is 1.67 bits per heavy atom. The van der Waals surface area contributed by atoms with E-state index < -0.39 is 23.9 Å². The van der Waals surface area contributed by atoms with Gasteiger partial charge < -0.3 is 9.47 Å². The lowest BCUT2D eigenvalue weighted by Gasteiger charge is -2.30. The Kier molecular flexibility index (Phi) is 7.89. The predicted molar refractivity (Wildman–Crippen MR) is 174 cm³/mol. The van der Waals surface area contributed by atoms with Gasteiger partial charge in [-0.15, -0.1) is 0 Å². The maximum Gasteiger partial charge on any atom is 0.264 e. The SMILES string of the molecule is COc1ccc(/C=C2/CCC[C@@H]3C2=NN(C(=O)CN2N=N[C@@H]4C(=O)N(c5cccc(Br)c5)C(=O)[C@H]42)[C@H]3c2ccc(OC)cc2)cc1. The molecule has 0 spiro atoms. The summed E-state index contributed by atoms with van der Waals surface area (Å²) in [5, 5.41) is 16.1. The van der Waals surface area contributed by atoms with Crippen LogP contribution in [0.15, 0.2) is 98.3 Å². The van der Waals surface area contributed by atoms with Crippen LogP contribution in [0.1, 0.15) is 36.4 Å². The van der Waals surface area contributed by atoms with Gasteiger partial charge in [-0.2, -0.15) is 10.2 Å². The average molecular weight is 684 g/mol. The minimum absolute atomic E-state index is 0.0229. The summed E-state index contributed by atoms with van der Waals surface area (Å²) in [7, 11) is 3.25. The molecular formula is C34H31BrN6O5. The van der Waals surface area contributed by atoms with Gasteiger partial charge in [0.1, 0.15) is 18.0 Å². The van der Waals surface area contributed by atoms with E-state index in [0.717, 1.165) is 56.8 Å². The number of allylic oxidation sites excluding steroid dienone is 1. The number of nitrogens with zero attached hydrogens (tertiary/aromatic N) is 6. The first-order valence-electron chi connectivity index (χ1n) is 15.1. The van der Waals surface area contributed by atoms with Gasteiger partial charge in [-0.25, -0.2) is 9.91 Å². The van der Waals surface area contributed by atoms with Crippen molar-refractivity contribution in [2.45, 2.75) is 37.4 Å². The molecule has 2 fully saturated rings. The van der Waals surface area contributed by atoms with Crippen LogP contribution >= 0.6 is 15.9 Å².